The molecule has 0 saturated heterocycles. The minimum Gasteiger partial charge on any atom is -0.443 e. The van der Waals surface area contributed by atoms with Gasteiger partial charge in [-0.3, -0.25) is 0 Å². The van der Waals surface area contributed by atoms with Crippen molar-refractivity contribution in [1.82, 2.24) is 4.98 Å². The first-order chi connectivity index (χ1) is 11.4. The van der Waals surface area contributed by atoms with Gasteiger partial charge < -0.3 is 4.42 Å². The van der Waals surface area contributed by atoms with E-state index in [2.05, 4.69) is 65.6 Å². The molecule has 23 heavy (non-hydrogen) atoms. The van der Waals surface area contributed by atoms with E-state index in [1.165, 1.54) is 22.6 Å². The van der Waals surface area contributed by atoms with Crippen molar-refractivity contribution in [2.45, 2.75) is 0 Å². The molecule has 4 aromatic carbocycles. The predicted octanol–water partition coefficient (Wildman–Crippen LogP) is 5.82. The number of aromatic nitrogens is 1. The van der Waals surface area contributed by atoms with Crippen LogP contribution >= 0.6 is 0 Å². The van der Waals surface area contributed by atoms with Gasteiger partial charge in [-0.25, -0.2) is 4.98 Å². The molecule has 1 aromatic heterocycles. The lowest BCUT2D eigenvalue weighted by molar-refractivity contribution is 0.602. The van der Waals surface area contributed by atoms with E-state index >= 15 is 0 Å². The van der Waals surface area contributed by atoms with E-state index in [0.717, 1.165) is 16.5 Å². The van der Waals surface area contributed by atoms with Gasteiger partial charge in [0, 0.05) is 5.39 Å². The number of hydrogen-bond donors (Lipinski definition) is 0. The summed E-state index contributed by atoms with van der Waals surface area (Å²) in [4.78, 5) is 4.18. The number of fused-ring (bicyclic) bond motifs is 4. The van der Waals surface area contributed by atoms with Crippen LogP contribution in [-0.2, 0) is 0 Å². The van der Waals surface area contributed by atoms with Crippen molar-refractivity contribution in [2.24, 2.45) is 0 Å². The second kappa shape index (κ2) is 5.93. The normalized spacial score (nSPS) is 10.6. The molecular weight excluding hydrogens is 282 g/mol. The fraction of sp³-hybridized carbons (Fsp3) is 0. The standard InChI is InChI=1S/C11H7NO.C10H8/c1-2-4-9-8(3-1)5-6-10-11(9)12-7-13-10;1-2-6-10-8-4-3-7-9(10)5-1/h1-7H;1-8H. The predicted molar refractivity (Wildman–Crippen MR) is 95.5 cm³/mol. The summed E-state index contributed by atoms with van der Waals surface area (Å²) >= 11 is 0. The number of hydrogen-bond acceptors (Lipinski definition) is 2. The first-order valence-electron chi connectivity index (χ1n) is 7.56. The average Bonchev–Trinajstić information content (AvgIpc) is 3.12. The van der Waals surface area contributed by atoms with Crippen LogP contribution in [0, 0.1) is 0 Å². The Morgan fingerprint density at radius 2 is 1.13 bits per heavy atom. The first-order valence-corrected chi connectivity index (χ1v) is 7.56. The van der Waals surface area contributed by atoms with E-state index in [0.29, 0.717) is 0 Å². The molecule has 0 fully saturated rings. The van der Waals surface area contributed by atoms with Crippen molar-refractivity contribution in [3.05, 3.63) is 91.3 Å². The van der Waals surface area contributed by atoms with E-state index in [1.54, 1.807) is 0 Å². The lowest BCUT2D eigenvalue weighted by atomic mass is 10.1. The van der Waals surface area contributed by atoms with Gasteiger partial charge >= 0.3 is 0 Å². The molecular formula is C21H15NO. The molecule has 0 bridgehead atoms. The zero-order valence-corrected chi connectivity index (χ0v) is 12.5. The van der Waals surface area contributed by atoms with Gasteiger partial charge in [0.05, 0.1) is 0 Å². The van der Waals surface area contributed by atoms with E-state index < -0.39 is 0 Å². The Balaban J connectivity index is 0.000000122. The van der Waals surface area contributed by atoms with Crippen molar-refractivity contribution in [2.75, 3.05) is 0 Å². The molecule has 0 saturated carbocycles. The zero-order valence-electron chi connectivity index (χ0n) is 12.5. The monoisotopic (exact) mass is 297 g/mol. The summed E-state index contributed by atoms with van der Waals surface area (Å²) in [6, 6.07) is 28.9. The van der Waals surface area contributed by atoms with Crippen LogP contribution in [-0.4, -0.2) is 4.98 Å². The second-order valence-corrected chi connectivity index (χ2v) is 5.33. The molecule has 0 aliphatic carbocycles. The number of benzene rings is 4. The highest BCUT2D eigenvalue weighted by atomic mass is 16.3. The van der Waals surface area contributed by atoms with Crippen LogP contribution in [0.4, 0.5) is 0 Å². The molecule has 2 heteroatoms. The third-order valence-electron chi connectivity index (χ3n) is 3.88. The maximum Gasteiger partial charge on any atom is 0.182 e. The van der Waals surface area contributed by atoms with Crippen molar-refractivity contribution < 1.29 is 4.42 Å². The molecule has 2 nitrogen and oxygen atoms in total. The smallest absolute Gasteiger partial charge is 0.182 e. The van der Waals surface area contributed by atoms with Gasteiger partial charge in [0.25, 0.3) is 0 Å². The van der Waals surface area contributed by atoms with E-state index in [1.807, 2.05) is 24.3 Å². The quantitative estimate of drug-likeness (QED) is 0.360. The fourth-order valence-corrected chi connectivity index (χ4v) is 2.73. The summed E-state index contributed by atoms with van der Waals surface area (Å²) in [5.74, 6) is 0. The summed E-state index contributed by atoms with van der Waals surface area (Å²) in [5.41, 5.74) is 1.79. The highest BCUT2D eigenvalue weighted by Gasteiger charge is 2.01. The Hall–Kier alpha value is -3.13. The second-order valence-electron chi connectivity index (χ2n) is 5.33. The number of oxazole rings is 1. The van der Waals surface area contributed by atoms with Crippen LogP contribution in [0.25, 0.3) is 32.6 Å². The Labute approximate surface area is 134 Å². The summed E-state index contributed by atoms with van der Waals surface area (Å²) in [6.07, 6.45) is 1.48. The third kappa shape index (κ3) is 2.67. The van der Waals surface area contributed by atoms with Crippen LogP contribution in [0.2, 0.25) is 0 Å². The summed E-state index contributed by atoms with van der Waals surface area (Å²) in [5, 5.41) is 4.97. The number of nitrogens with zero attached hydrogens (tertiary/aromatic N) is 1. The zero-order chi connectivity index (χ0) is 15.5. The maximum atomic E-state index is 5.21. The molecule has 0 unspecified atom stereocenters. The van der Waals surface area contributed by atoms with E-state index in [-0.39, 0.29) is 0 Å². The third-order valence-corrected chi connectivity index (χ3v) is 3.88. The molecule has 110 valence electrons. The van der Waals surface area contributed by atoms with Crippen LogP contribution in [0.15, 0.2) is 95.7 Å². The molecule has 5 rings (SSSR count). The van der Waals surface area contributed by atoms with Gasteiger partial charge in [0.1, 0.15) is 5.52 Å². The molecule has 0 amide bonds. The average molecular weight is 297 g/mol. The summed E-state index contributed by atoms with van der Waals surface area (Å²) < 4.78 is 5.21. The highest BCUT2D eigenvalue weighted by Crippen LogP contribution is 2.23. The molecule has 0 spiro atoms. The Bertz CT molecular complexity index is 1010. The van der Waals surface area contributed by atoms with Gasteiger partial charge in [-0.2, -0.15) is 0 Å². The molecule has 0 atom stereocenters. The summed E-state index contributed by atoms with van der Waals surface area (Å²) in [7, 11) is 0. The van der Waals surface area contributed by atoms with Gasteiger partial charge in [-0.15, -0.1) is 0 Å². The summed E-state index contributed by atoms with van der Waals surface area (Å²) in [6.45, 7) is 0. The lowest BCUT2D eigenvalue weighted by Crippen LogP contribution is -1.73. The minimum absolute atomic E-state index is 0.846. The largest absolute Gasteiger partial charge is 0.443 e. The fourth-order valence-electron chi connectivity index (χ4n) is 2.73. The highest BCUT2D eigenvalue weighted by molar-refractivity contribution is 6.03. The SMILES string of the molecule is c1ccc2c(c1)ccc1ocnc12.c1ccc2ccccc2c1. The van der Waals surface area contributed by atoms with Crippen LogP contribution in [0.1, 0.15) is 0 Å². The van der Waals surface area contributed by atoms with Crippen LogP contribution in [0.3, 0.4) is 0 Å². The lowest BCUT2D eigenvalue weighted by Gasteiger charge is -1.95. The molecule has 5 aromatic rings. The number of rotatable bonds is 0. The van der Waals surface area contributed by atoms with Crippen molar-refractivity contribution in [3.63, 3.8) is 0 Å². The van der Waals surface area contributed by atoms with E-state index in [4.69, 9.17) is 4.42 Å². The van der Waals surface area contributed by atoms with Gasteiger partial charge in [-0.05, 0) is 22.2 Å². The Kier molecular flexibility index (Phi) is 3.49. The first kappa shape index (κ1) is 13.5. The van der Waals surface area contributed by atoms with Crippen LogP contribution < -0.4 is 0 Å². The Morgan fingerprint density at radius 1 is 0.565 bits per heavy atom. The molecule has 0 aliphatic heterocycles. The molecule has 0 N–H and O–H groups in total. The molecule has 0 aliphatic rings. The maximum absolute atomic E-state index is 5.21. The van der Waals surface area contributed by atoms with Crippen molar-refractivity contribution in [1.29, 1.82) is 0 Å². The van der Waals surface area contributed by atoms with Crippen LogP contribution in [0.5, 0.6) is 0 Å². The van der Waals surface area contributed by atoms with Crippen molar-refractivity contribution >= 4 is 32.6 Å². The topological polar surface area (TPSA) is 26.0 Å². The van der Waals surface area contributed by atoms with E-state index in [9.17, 15) is 0 Å². The van der Waals surface area contributed by atoms with Gasteiger partial charge in [0.2, 0.25) is 0 Å². The van der Waals surface area contributed by atoms with Gasteiger partial charge in [-0.1, -0.05) is 78.9 Å². The van der Waals surface area contributed by atoms with Gasteiger partial charge in [0.15, 0.2) is 12.0 Å². The molecule has 1 heterocycles. The Morgan fingerprint density at radius 3 is 1.78 bits per heavy atom. The van der Waals surface area contributed by atoms with Crippen molar-refractivity contribution in [3.8, 4) is 0 Å². The molecule has 0 radical (unpaired) electrons. The minimum atomic E-state index is 0.846.